The molecule has 0 aliphatic carbocycles. The number of anilines is 1. The summed E-state index contributed by atoms with van der Waals surface area (Å²) in [4.78, 5) is 26.3. The number of thiazole rings is 1. The van der Waals surface area contributed by atoms with Crippen LogP contribution in [0, 0.1) is 0 Å². The minimum atomic E-state index is -0.129. The van der Waals surface area contributed by atoms with Gasteiger partial charge in [-0.05, 0) is 55.8 Å². The van der Waals surface area contributed by atoms with Gasteiger partial charge in [0.1, 0.15) is 5.76 Å². The molecule has 2 aromatic heterocycles. The molecule has 0 atom stereocenters. The first-order valence-corrected chi connectivity index (χ1v) is 13.8. The summed E-state index contributed by atoms with van der Waals surface area (Å²) in [6.07, 6.45) is 9.16. The lowest BCUT2D eigenvalue weighted by molar-refractivity contribution is 0.180. The predicted octanol–water partition coefficient (Wildman–Crippen LogP) is 6.37. The number of piperidine rings is 1. The van der Waals surface area contributed by atoms with Gasteiger partial charge in [0.15, 0.2) is 6.39 Å². The van der Waals surface area contributed by atoms with Crippen LogP contribution >= 0.6 is 34.5 Å². The Morgan fingerprint density at radius 1 is 1.19 bits per heavy atom. The van der Waals surface area contributed by atoms with E-state index in [2.05, 4.69) is 39.5 Å². The molecule has 0 radical (unpaired) electrons. The molecule has 1 fully saturated rings. The van der Waals surface area contributed by atoms with Crippen molar-refractivity contribution in [1.29, 1.82) is 0 Å². The third kappa shape index (κ3) is 4.75. The van der Waals surface area contributed by atoms with Crippen LogP contribution < -0.4 is 10.2 Å². The zero-order valence-electron chi connectivity index (χ0n) is 20.0. The molecule has 10 heteroatoms. The summed E-state index contributed by atoms with van der Waals surface area (Å²) in [6.45, 7) is 3.69. The first-order valence-electron chi connectivity index (χ1n) is 12.2. The summed E-state index contributed by atoms with van der Waals surface area (Å²) < 4.78 is 6.44. The fraction of sp³-hybridized carbons (Fsp3) is 0.296. The number of hydrogen-bond acceptors (Lipinski definition) is 6. The lowest BCUT2D eigenvalue weighted by Gasteiger charge is -2.39. The maximum Gasteiger partial charge on any atom is 0.322 e. The summed E-state index contributed by atoms with van der Waals surface area (Å²) in [7, 11) is 0. The second-order valence-corrected chi connectivity index (χ2v) is 11.2. The smallest absolute Gasteiger partial charge is 0.322 e. The zero-order chi connectivity index (χ0) is 25.4. The van der Waals surface area contributed by atoms with Crippen LogP contribution in [-0.2, 0) is 12.0 Å². The predicted molar refractivity (Wildman–Crippen MR) is 149 cm³/mol. The Hall–Kier alpha value is -2.91. The average molecular weight is 555 g/mol. The van der Waals surface area contributed by atoms with Gasteiger partial charge >= 0.3 is 6.03 Å². The highest BCUT2D eigenvalue weighted by Gasteiger charge is 2.47. The van der Waals surface area contributed by atoms with Crippen molar-refractivity contribution in [3.8, 4) is 0 Å². The Bertz CT molecular complexity index is 1460. The second kappa shape index (κ2) is 10.1. The summed E-state index contributed by atoms with van der Waals surface area (Å²) in [5.41, 5.74) is 6.02. The van der Waals surface area contributed by atoms with Gasteiger partial charge < -0.3 is 9.73 Å². The number of carbonyl (C=O) groups is 1. The molecule has 37 heavy (non-hydrogen) atoms. The van der Waals surface area contributed by atoms with Crippen LogP contribution in [0.15, 0.2) is 58.9 Å². The third-order valence-electron chi connectivity index (χ3n) is 7.34. The highest BCUT2D eigenvalue weighted by molar-refractivity contribution is 7.16. The van der Waals surface area contributed by atoms with Crippen LogP contribution in [0.4, 0.5) is 10.5 Å². The second-order valence-electron chi connectivity index (χ2n) is 9.53. The van der Waals surface area contributed by atoms with Gasteiger partial charge in [-0.3, -0.25) is 9.80 Å². The molecular formula is C27H25Cl2N5O2S. The van der Waals surface area contributed by atoms with Crippen LogP contribution in [0.1, 0.15) is 29.7 Å². The fourth-order valence-electron chi connectivity index (χ4n) is 5.43. The van der Waals surface area contributed by atoms with E-state index in [1.54, 1.807) is 17.5 Å². The Morgan fingerprint density at radius 3 is 2.84 bits per heavy atom. The van der Waals surface area contributed by atoms with Crippen molar-refractivity contribution in [2.75, 3.05) is 31.1 Å². The molecule has 0 bridgehead atoms. The molecule has 190 valence electrons. The lowest BCUT2D eigenvalue weighted by Crippen LogP contribution is -2.47. The monoisotopic (exact) mass is 553 g/mol. The first kappa shape index (κ1) is 24.4. The van der Waals surface area contributed by atoms with Gasteiger partial charge in [0, 0.05) is 24.1 Å². The number of oxazole rings is 1. The molecule has 2 aromatic carbocycles. The number of benzene rings is 2. The van der Waals surface area contributed by atoms with E-state index >= 15 is 0 Å². The summed E-state index contributed by atoms with van der Waals surface area (Å²) >= 11 is 13.8. The van der Waals surface area contributed by atoms with E-state index in [4.69, 9.17) is 32.6 Å². The molecule has 1 N–H and O–H groups in total. The quantitative estimate of drug-likeness (QED) is 0.311. The molecule has 1 spiro atoms. The maximum atomic E-state index is 13.3. The number of nitrogens with one attached hydrogen (secondary N) is 1. The van der Waals surface area contributed by atoms with E-state index in [1.807, 2.05) is 28.6 Å². The van der Waals surface area contributed by atoms with Crippen molar-refractivity contribution in [1.82, 2.24) is 20.2 Å². The topological polar surface area (TPSA) is 74.5 Å². The number of likely N-dealkylation sites (tertiary alicyclic amines) is 1. The standard InChI is InChI=1S/C27H25Cl2N5O2S/c28-20-4-3-18(12-21(20)29)2-1-9-33-10-7-27(8-11-33)15-34(26(35)31-14-19-13-30-16-36-19)22-5-6-23-25(24(22)27)32-17-37-23/h1-6,12-13,16-17H,7-11,14-15H2,(H,31,35)/b2-1+. The molecule has 4 aromatic rings. The number of aromatic nitrogens is 2. The minimum Gasteiger partial charge on any atom is -0.447 e. The summed E-state index contributed by atoms with van der Waals surface area (Å²) in [5, 5.41) is 4.11. The van der Waals surface area contributed by atoms with Gasteiger partial charge in [-0.15, -0.1) is 11.3 Å². The Morgan fingerprint density at radius 2 is 2.05 bits per heavy atom. The Balaban J connectivity index is 1.18. The van der Waals surface area contributed by atoms with Gasteiger partial charge in [0.2, 0.25) is 0 Å². The lowest BCUT2D eigenvalue weighted by atomic mass is 9.74. The average Bonchev–Trinajstić information content (AvgIpc) is 3.65. The summed E-state index contributed by atoms with van der Waals surface area (Å²) in [6, 6.07) is 9.68. The SMILES string of the molecule is O=C(NCc1cnco1)N1CC2(CCN(C/C=C/c3ccc(Cl)c(Cl)c3)CC2)c2c1ccc1scnc21. The van der Waals surface area contributed by atoms with Gasteiger partial charge in [-0.1, -0.05) is 41.4 Å². The van der Waals surface area contributed by atoms with E-state index in [-0.39, 0.29) is 11.4 Å². The van der Waals surface area contributed by atoms with Crippen molar-refractivity contribution in [2.45, 2.75) is 24.8 Å². The molecule has 2 amide bonds. The van der Waals surface area contributed by atoms with Crippen LogP contribution in [0.3, 0.4) is 0 Å². The van der Waals surface area contributed by atoms with Crippen molar-refractivity contribution in [3.63, 3.8) is 0 Å². The molecule has 1 saturated heterocycles. The highest BCUT2D eigenvalue weighted by atomic mass is 35.5. The van der Waals surface area contributed by atoms with E-state index in [0.29, 0.717) is 28.9 Å². The maximum absolute atomic E-state index is 13.3. The zero-order valence-corrected chi connectivity index (χ0v) is 22.3. The van der Waals surface area contributed by atoms with E-state index in [1.165, 1.54) is 12.0 Å². The Labute approximate surface area is 228 Å². The van der Waals surface area contributed by atoms with Crippen molar-refractivity contribution < 1.29 is 9.21 Å². The number of carbonyl (C=O) groups excluding carboxylic acids is 1. The number of urea groups is 1. The third-order valence-corrected chi connectivity index (χ3v) is 8.87. The van der Waals surface area contributed by atoms with Gasteiger partial charge in [0.05, 0.1) is 44.2 Å². The largest absolute Gasteiger partial charge is 0.447 e. The summed E-state index contributed by atoms with van der Waals surface area (Å²) in [5.74, 6) is 0.625. The molecule has 6 rings (SSSR count). The number of hydrogen-bond donors (Lipinski definition) is 1. The van der Waals surface area contributed by atoms with Crippen LogP contribution in [0.25, 0.3) is 16.3 Å². The Kier molecular flexibility index (Phi) is 6.67. The molecule has 0 unspecified atom stereocenters. The van der Waals surface area contributed by atoms with E-state index in [9.17, 15) is 4.79 Å². The van der Waals surface area contributed by atoms with E-state index < -0.39 is 0 Å². The van der Waals surface area contributed by atoms with E-state index in [0.717, 1.165) is 53.9 Å². The van der Waals surface area contributed by atoms with Crippen molar-refractivity contribution >= 4 is 62.5 Å². The van der Waals surface area contributed by atoms with Gasteiger partial charge in [-0.25, -0.2) is 14.8 Å². The van der Waals surface area contributed by atoms with Crippen molar-refractivity contribution in [2.24, 2.45) is 0 Å². The number of rotatable bonds is 5. The van der Waals surface area contributed by atoms with Crippen LogP contribution in [0.5, 0.6) is 0 Å². The normalized spacial score (nSPS) is 17.2. The first-order chi connectivity index (χ1) is 18.0. The van der Waals surface area contributed by atoms with Gasteiger partial charge in [0.25, 0.3) is 0 Å². The fourth-order valence-corrected chi connectivity index (χ4v) is 6.42. The van der Waals surface area contributed by atoms with Crippen LogP contribution in [0.2, 0.25) is 10.0 Å². The number of nitrogens with zero attached hydrogens (tertiary/aromatic N) is 4. The highest BCUT2D eigenvalue weighted by Crippen LogP contribution is 2.50. The molecule has 4 heterocycles. The molecular weight excluding hydrogens is 529 g/mol. The molecule has 7 nitrogen and oxygen atoms in total. The van der Waals surface area contributed by atoms with Crippen molar-refractivity contribution in [3.05, 3.63) is 81.4 Å². The molecule has 0 saturated carbocycles. The number of halogens is 2. The molecule has 2 aliphatic rings. The van der Waals surface area contributed by atoms with Crippen LogP contribution in [-0.4, -0.2) is 47.1 Å². The minimum absolute atomic E-state index is 0.115. The number of fused-ring (bicyclic) bond motifs is 4. The number of amides is 2. The van der Waals surface area contributed by atoms with Gasteiger partial charge in [-0.2, -0.15) is 0 Å². The molecule has 2 aliphatic heterocycles.